The Morgan fingerprint density at radius 3 is 2.56 bits per heavy atom. The molecule has 0 spiro atoms. The molecule has 0 radical (unpaired) electrons. The number of rotatable bonds is 6. The number of pyridine rings is 1. The quantitative estimate of drug-likeness (QED) is 0.417. The summed E-state index contributed by atoms with van der Waals surface area (Å²) in [6.07, 6.45) is 4.19. The van der Waals surface area contributed by atoms with Crippen molar-refractivity contribution in [3.05, 3.63) is 75.7 Å². The third-order valence-corrected chi connectivity index (χ3v) is 6.31. The van der Waals surface area contributed by atoms with Crippen molar-refractivity contribution in [1.29, 1.82) is 0 Å². The molecule has 1 aliphatic carbocycles. The molecule has 32 heavy (non-hydrogen) atoms. The molecule has 8 heteroatoms. The van der Waals surface area contributed by atoms with E-state index in [0.717, 1.165) is 30.4 Å². The molecule has 1 unspecified atom stereocenters. The minimum atomic E-state index is -0.664. The minimum Gasteiger partial charge on any atom is -0.482 e. The summed E-state index contributed by atoms with van der Waals surface area (Å²) in [4.78, 5) is 16.5. The van der Waals surface area contributed by atoms with Crippen molar-refractivity contribution in [3.8, 4) is 16.9 Å². The molecule has 1 aliphatic rings. The first-order valence-corrected chi connectivity index (χ1v) is 11.1. The van der Waals surface area contributed by atoms with Gasteiger partial charge in [0.2, 0.25) is 0 Å². The molecule has 1 aromatic heterocycles. The smallest absolute Gasteiger partial charge is 0.251 e. The Kier molecular flexibility index (Phi) is 6.53. The topological polar surface area (TPSA) is 77.2 Å². The number of ether oxygens (including phenoxy) is 1. The monoisotopic (exact) mass is 473 g/mol. The molecule has 1 atom stereocenters. The molecular weight excluding hydrogens is 452 g/mol. The van der Waals surface area contributed by atoms with Gasteiger partial charge in [0.1, 0.15) is 11.9 Å². The van der Waals surface area contributed by atoms with Gasteiger partial charge in [-0.3, -0.25) is 4.79 Å². The number of carbonyl (C=O) groups is 1. The standard InChI is InChI=1S/C24H22Cl2FN3O2/c1-13(21-18(25)9-10-19(27)22(21)26)32-20-11-16(12-29-23(20)28)14-5-7-15(8-6-14)24(31)30-17-3-2-4-17/h5-13,17H,2-4H2,1H3,(H2,28,29)(H,30,31). The summed E-state index contributed by atoms with van der Waals surface area (Å²) in [5.74, 6) is -0.153. The predicted molar refractivity (Wildman–Crippen MR) is 125 cm³/mol. The minimum absolute atomic E-state index is 0.0709. The number of hydrogen-bond acceptors (Lipinski definition) is 4. The lowest BCUT2D eigenvalue weighted by Gasteiger charge is -2.26. The fraction of sp³-hybridized carbons (Fsp3) is 0.250. The first kappa shape index (κ1) is 22.4. The molecule has 1 amide bonds. The van der Waals surface area contributed by atoms with Gasteiger partial charge in [-0.15, -0.1) is 0 Å². The number of nitrogens with two attached hydrogens (primary N) is 1. The van der Waals surface area contributed by atoms with Gasteiger partial charge in [0.15, 0.2) is 11.6 Å². The van der Waals surface area contributed by atoms with E-state index in [4.69, 9.17) is 33.7 Å². The second kappa shape index (κ2) is 9.35. The molecule has 0 aliphatic heterocycles. The van der Waals surface area contributed by atoms with Crippen LogP contribution in [0.2, 0.25) is 10.0 Å². The summed E-state index contributed by atoms with van der Waals surface area (Å²) in [7, 11) is 0. The van der Waals surface area contributed by atoms with Crippen LogP contribution in [-0.2, 0) is 0 Å². The largest absolute Gasteiger partial charge is 0.482 e. The summed E-state index contributed by atoms with van der Waals surface area (Å²) in [5.41, 5.74) is 8.53. The van der Waals surface area contributed by atoms with E-state index in [9.17, 15) is 9.18 Å². The first-order valence-electron chi connectivity index (χ1n) is 10.3. The van der Waals surface area contributed by atoms with Gasteiger partial charge in [-0.2, -0.15) is 0 Å². The van der Waals surface area contributed by atoms with Crippen molar-refractivity contribution >= 4 is 34.9 Å². The number of halogens is 3. The first-order chi connectivity index (χ1) is 15.3. The molecule has 0 bridgehead atoms. The highest BCUT2D eigenvalue weighted by molar-refractivity contribution is 6.36. The van der Waals surface area contributed by atoms with E-state index in [2.05, 4.69) is 10.3 Å². The van der Waals surface area contributed by atoms with Crippen LogP contribution in [0.4, 0.5) is 10.2 Å². The van der Waals surface area contributed by atoms with Crippen LogP contribution >= 0.6 is 23.2 Å². The zero-order valence-corrected chi connectivity index (χ0v) is 18.9. The second-order valence-corrected chi connectivity index (χ2v) is 8.59. The molecule has 1 fully saturated rings. The third-order valence-electron chi connectivity index (χ3n) is 5.59. The van der Waals surface area contributed by atoms with E-state index in [-0.39, 0.29) is 22.8 Å². The summed E-state index contributed by atoms with van der Waals surface area (Å²) in [6.45, 7) is 1.70. The fourth-order valence-corrected chi connectivity index (χ4v) is 4.19. The van der Waals surface area contributed by atoms with Crippen LogP contribution in [-0.4, -0.2) is 16.9 Å². The van der Waals surface area contributed by atoms with Crippen LogP contribution in [0.1, 0.15) is 48.2 Å². The van der Waals surface area contributed by atoms with Crippen molar-refractivity contribution in [2.24, 2.45) is 0 Å². The Balaban J connectivity index is 1.54. The molecule has 1 saturated carbocycles. The van der Waals surface area contributed by atoms with E-state index < -0.39 is 11.9 Å². The number of aromatic nitrogens is 1. The van der Waals surface area contributed by atoms with E-state index >= 15 is 0 Å². The Morgan fingerprint density at radius 2 is 1.91 bits per heavy atom. The number of amides is 1. The molecule has 5 nitrogen and oxygen atoms in total. The molecule has 166 valence electrons. The van der Waals surface area contributed by atoms with Crippen molar-refractivity contribution in [2.45, 2.75) is 38.3 Å². The molecule has 4 rings (SSSR count). The Bertz CT molecular complexity index is 1150. The Morgan fingerprint density at radius 1 is 1.19 bits per heavy atom. The molecule has 2 aromatic carbocycles. The molecular formula is C24H22Cl2FN3O2. The van der Waals surface area contributed by atoms with Crippen molar-refractivity contribution in [3.63, 3.8) is 0 Å². The van der Waals surface area contributed by atoms with Gasteiger partial charge in [-0.25, -0.2) is 9.37 Å². The lowest BCUT2D eigenvalue weighted by Crippen LogP contribution is -2.39. The van der Waals surface area contributed by atoms with E-state index in [0.29, 0.717) is 21.9 Å². The summed E-state index contributed by atoms with van der Waals surface area (Å²) in [5, 5.41) is 3.22. The van der Waals surface area contributed by atoms with E-state index in [1.807, 2.05) is 12.1 Å². The Labute approximate surface area is 195 Å². The number of carbonyl (C=O) groups excluding carboxylic acids is 1. The number of anilines is 1. The SMILES string of the molecule is CC(Oc1cc(-c2ccc(C(=O)NC3CCC3)cc2)cnc1N)c1c(Cl)ccc(F)c1Cl. The number of nitrogens with zero attached hydrogens (tertiary/aromatic N) is 1. The maximum atomic E-state index is 13.9. The normalized spacial score (nSPS) is 14.5. The average molecular weight is 474 g/mol. The van der Waals surface area contributed by atoms with Gasteiger partial charge >= 0.3 is 0 Å². The number of benzene rings is 2. The van der Waals surface area contributed by atoms with E-state index in [1.54, 1.807) is 31.3 Å². The number of hydrogen-bond donors (Lipinski definition) is 2. The molecule has 0 saturated heterocycles. The summed E-state index contributed by atoms with van der Waals surface area (Å²) in [6, 6.07) is 11.9. The van der Waals surface area contributed by atoms with Gasteiger partial charge in [-0.05, 0) is 62.1 Å². The van der Waals surface area contributed by atoms with Crippen molar-refractivity contribution in [2.75, 3.05) is 5.73 Å². The third kappa shape index (κ3) is 4.66. The lowest BCUT2D eigenvalue weighted by atomic mass is 9.93. The molecule has 3 aromatic rings. The van der Waals surface area contributed by atoms with Gasteiger partial charge < -0.3 is 15.8 Å². The van der Waals surface area contributed by atoms with Gasteiger partial charge in [0, 0.05) is 34.0 Å². The maximum absolute atomic E-state index is 13.9. The fourth-order valence-electron chi connectivity index (χ4n) is 3.51. The second-order valence-electron chi connectivity index (χ2n) is 7.80. The van der Waals surface area contributed by atoms with Gasteiger partial charge in [0.25, 0.3) is 5.91 Å². The van der Waals surface area contributed by atoms with Crippen LogP contribution in [0.5, 0.6) is 5.75 Å². The molecule has 3 N–H and O–H groups in total. The van der Waals surface area contributed by atoms with Crippen LogP contribution in [0, 0.1) is 5.82 Å². The van der Waals surface area contributed by atoms with Gasteiger partial charge in [0.05, 0.1) is 5.02 Å². The van der Waals surface area contributed by atoms with Crippen LogP contribution in [0.3, 0.4) is 0 Å². The lowest BCUT2D eigenvalue weighted by molar-refractivity contribution is 0.0917. The highest BCUT2D eigenvalue weighted by Gasteiger charge is 2.21. The van der Waals surface area contributed by atoms with Crippen LogP contribution < -0.4 is 15.8 Å². The van der Waals surface area contributed by atoms with Crippen LogP contribution in [0.15, 0.2) is 48.7 Å². The number of nitrogen functional groups attached to an aromatic ring is 1. The highest BCUT2D eigenvalue weighted by Crippen LogP contribution is 2.37. The zero-order valence-electron chi connectivity index (χ0n) is 17.4. The molecule has 1 heterocycles. The van der Waals surface area contributed by atoms with Gasteiger partial charge in [-0.1, -0.05) is 35.3 Å². The summed E-state index contributed by atoms with van der Waals surface area (Å²) < 4.78 is 19.8. The average Bonchev–Trinajstić information content (AvgIpc) is 2.75. The maximum Gasteiger partial charge on any atom is 0.251 e. The predicted octanol–water partition coefficient (Wildman–Crippen LogP) is 6.20. The van der Waals surface area contributed by atoms with Crippen molar-refractivity contribution in [1.82, 2.24) is 10.3 Å². The number of nitrogens with one attached hydrogen (secondary N) is 1. The van der Waals surface area contributed by atoms with Crippen LogP contribution in [0.25, 0.3) is 11.1 Å². The Hall–Kier alpha value is -2.83. The zero-order chi connectivity index (χ0) is 22.8. The highest BCUT2D eigenvalue weighted by atomic mass is 35.5. The van der Waals surface area contributed by atoms with E-state index in [1.165, 1.54) is 12.1 Å². The summed E-state index contributed by atoms with van der Waals surface area (Å²) >= 11 is 12.3. The van der Waals surface area contributed by atoms with Crippen molar-refractivity contribution < 1.29 is 13.9 Å².